The van der Waals surface area contributed by atoms with E-state index < -0.39 is 4.92 Å². The van der Waals surface area contributed by atoms with Gasteiger partial charge in [0.15, 0.2) is 0 Å². The number of nitro groups is 1. The number of anilines is 2. The van der Waals surface area contributed by atoms with E-state index in [0.717, 1.165) is 6.54 Å². The minimum atomic E-state index is -0.531. The van der Waals surface area contributed by atoms with Gasteiger partial charge in [0.2, 0.25) is 5.82 Å². The molecule has 1 fully saturated rings. The topological polar surface area (TPSA) is 94.1 Å². The summed E-state index contributed by atoms with van der Waals surface area (Å²) in [5, 5.41) is 13.7. The monoisotopic (exact) mass is 254 g/mol. The molecule has 0 radical (unpaired) electrons. The minimum Gasteiger partial charge on any atom is -0.378 e. The standard InChI is InChI=1S/C10H14N4O2S/c1-17-10(4-5-10)6-12-8-3-2-7(14(15)16)9(11)13-8/h2-3H,4-6H2,1H3,(H3,11,12,13). The zero-order valence-electron chi connectivity index (χ0n) is 9.47. The molecular weight excluding hydrogens is 240 g/mol. The predicted octanol–water partition coefficient (Wildman–Crippen LogP) is 1.88. The number of pyridine rings is 1. The van der Waals surface area contributed by atoms with Crippen LogP contribution in [0.15, 0.2) is 12.1 Å². The first-order chi connectivity index (χ1) is 8.06. The summed E-state index contributed by atoms with van der Waals surface area (Å²) in [4.78, 5) is 14.0. The number of aromatic nitrogens is 1. The molecule has 3 N–H and O–H groups in total. The molecule has 7 heteroatoms. The van der Waals surface area contributed by atoms with Crippen molar-refractivity contribution < 1.29 is 4.92 Å². The molecule has 1 heterocycles. The average molecular weight is 254 g/mol. The maximum Gasteiger partial charge on any atom is 0.311 e. The molecule has 92 valence electrons. The van der Waals surface area contributed by atoms with Crippen molar-refractivity contribution in [3.63, 3.8) is 0 Å². The van der Waals surface area contributed by atoms with Crippen LogP contribution in [0.1, 0.15) is 12.8 Å². The Morgan fingerprint density at radius 3 is 2.82 bits per heavy atom. The molecule has 0 atom stereocenters. The molecule has 0 unspecified atom stereocenters. The SMILES string of the molecule is CSC1(CNc2ccc([N+](=O)[O-])c(N)n2)CC1. The van der Waals surface area contributed by atoms with E-state index >= 15 is 0 Å². The number of rotatable bonds is 5. The van der Waals surface area contributed by atoms with Crippen LogP contribution in [0.3, 0.4) is 0 Å². The van der Waals surface area contributed by atoms with Gasteiger partial charge >= 0.3 is 5.69 Å². The Kier molecular flexibility index (Phi) is 3.10. The molecule has 1 aromatic heterocycles. The van der Waals surface area contributed by atoms with E-state index in [4.69, 9.17) is 5.73 Å². The fourth-order valence-corrected chi connectivity index (χ4v) is 2.29. The lowest BCUT2D eigenvalue weighted by Crippen LogP contribution is -2.18. The second-order valence-electron chi connectivity index (χ2n) is 4.10. The highest BCUT2D eigenvalue weighted by atomic mass is 32.2. The first kappa shape index (κ1) is 12.0. The number of thioether (sulfide) groups is 1. The molecule has 0 amide bonds. The summed E-state index contributed by atoms with van der Waals surface area (Å²) < 4.78 is 0.318. The van der Waals surface area contributed by atoms with Crippen LogP contribution >= 0.6 is 11.8 Å². The maximum atomic E-state index is 10.6. The lowest BCUT2D eigenvalue weighted by molar-refractivity contribution is -0.384. The summed E-state index contributed by atoms with van der Waals surface area (Å²) in [5.74, 6) is 0.544. The van der Waals surface area contributed by atoms with Gasteiger partial charge in [-0.1, -0.05) is 0 Å². The van der Waals surface area contributed by atoms with Gasteiger partial charge in [-0.05, 0) is 25.2 Å². The zero-order chi connectivity index (χ0) is 12.5. The molecular formula is C10H14N4O2S. The molecule has 2 rings (SSSR count). The number of nitrogens with one attached hydrogen (secondary N) is 1. The number of hydrogen-bond acceptors (Lipinski definition) is 6. The Morgan fingerprint density at radius 2 is 2.35 bits per heavy atom. The molecule has 0 saturated heterocycles. The molecule has 17 heavy (non-hydrogen) atoms. The van der Waals surface area contributed by atoms with Crippen molar-refractivity contribution in [1.29, 1.82) is 0 Å². The van der Waals surface area contributed by atoms with Crippen molar-refractivity contribution in [2.75, 3.05) is 23.9 Å². The van der Waals surface area contributed by atoms with Crippen molar-refractivity contribution in [2.24, 2.45) is 0 Å². The highest BCUT2D eigenvalue weighted by Gasteiger charge is 2.41. The summed E-state index contributed by atoms with van der Waals surface area (Å²) in [5.41, 5.74) is 5.36. The van der Waals surface area contributed by atoms with Crippen molar-refractivity contribution in [2.45, 2.75) is 17.6 Å². The fraction of sp³-hybridized carbons (Fsp3) is 0.500. The maximum absolute atomic E-state index is 10.6. The highest BCUT2D eigenvalue weighted by molar-refractivity contribution is 8.00. The Morgan fingerprint density at radius 1 is 1.65 bits per heavy atom. The van der Waals surface area contributed by atoms with E-state index in [0.29, 0.717) is 10.6 Å². The quantitative estimate of drug-likeness (QED) is 0.615. The largest absolute Gasteiger partial charge is 0.378 e. The van der Waals surface area contributed by atoms with Crippen molar-refractivity contribution >= 4 is 29.1 Å². The molecule has 1 saturated carbocycles. The van der Waals surface area contributed by atoms with Crippen LogP contribution in [0, 0.1) is 10.1 Å². The Bertz CT molecular complexity index is 448. The smallest absolute Gasteiger partial charge is 0.311 e. The first-order valence-electron chi connectivity index (χ1n) is 5.26. The average Bonchev–Trinajstić information content (AvgIpc) is 3.07. The second-order valence-corrected chi connectivity index (χ2v) is 5.37. The number of nitrogens with two attached hydrogens (primary N) is 1. The summed E-state index contributed by atoms with van der Waals surface area (Å²) >= 11 is 1.84. The predicted molar refractivity (Wildman–Crippen MR) is 69.3 cm³/mol. The minimum absolute atomic E-state index is 0.0472. The van der Waals surface area contributed by atoms with Gasteiger partial charge in [0, 0.05) is 17.4 Å². The summed E-state index contributed by atoms with van der Waals surface area (Å²) in [6.45, 7) is 0.818. The van der Waals surface area contributed by atoms with E-state index in [-0.39, 0.29) is 11.5 Å². The van der Waals surface area contributed by atoms with Gasteiger partial charge in [-0.15, -0.1) is 0 Å². The first-order valence-corrected chi connectivity index (χ1v) is 6.49. The number of hydrogen-bond donors (Lipinski definition) is 2. The van der Waals surface area contributed by atoms with Crippen molar-refractivity contribution in [3.05, 3.63) is 22.2 Å². The van der Waals surface area contributed by atoms with E-state index in [1.165, 1.54) is 18.9 Å². The van der Waals surface area contributed by atoms with Crippen LogP contribution in [0.2, 0.25) is 0 Å². The van der Waals surface area contributed by atoms with Gasteiger partial charge in [0.1, 0.15) is 5.82 Å². The zero-order valence-corrected chi connectivity index (χ0v) is 10.3. The Labute approximate surface area is 103 Å². The molecule has 6 nitrogen and oxygen atoms in total. The van der Waals surface area contributed by atoms with Crippen LogP contribution in [-0.2, 0) is 0 Å². The lowest BCUT2D eigenvalue weighted by atomic mass is 10.3. The van der Waals surface area contributed by atoms with E-state index in [9.17, 15) is 10.1 Å². The van der Waals surface area contributed by atoms with Gasteiger partial charge in [-0.2, -0.15) is 11.8 Å². The summed E-state index contributed by atoms with van der Waals surface area (Å²) in [6, 6.07) is 2.97. The molecule has 0 aliphatic heterocycles. The molecule has 0 bridgehead atoms. The highest BCUT2D eigenvalue weighted by Crippen LogP contribution is 2.46. The van der Waals surface area contributed by atoms with Gasteiger partial charge < -0.3 is 11.1 Å². The van der Waals surface area contributed by atoms with Crippen LogP contribution < -0.4 is 11.1 Å². The van der Waals surface area contributed by atoms with Gasteiger partial charge in [-0.3, -0.25) is 10.1 Å². The normalized spacial score (nSPS) is 16.5. The Hall–Kier alpha value is -1.50. The second kappa shape index (κ2) is 4.40. The molecule has 0 spiro atoms. The van der Waals surface area contributed by atoms with E-state index in [1.807, 2.05) is 11.8 Å². The fourth-order valence-electron chi connectivity index (χ4n) is 1.56. The van der Waals surface area contributed by atoms with Gasteiger partial charge in [-0.25, -0.2) is 4.98 Å². The summed E-state index contributed by atoms with van der Waals surface area (Å²) in [6.07, 6.45) is 4.49. The number of nitrogen functional groups attached to an aromatic ring is 1. The van der Waals surface area contributed by atoms with Crippen LogP contribution in [0.25, 0.3) is 0 Å². The third kappa shape index (κ3) is 2.60. The molecule has 0 aromatic carbocycles. The summed E-state index contributed by atoms with van der Waals surface area (Å²) in [7, 11) is 0. The third-order valence-electron chi connectivity index (χ3n) is 2.93. The third-order valence-corrected chi connectivity index (χ3v) is 4.35. The van der Waals surface area contributed by atoms with Crippen LogP contribution in [0.5, 0.6) is 0 Å². The molecule has 1 aromatic rings. The van der Waals surface area contributed by atoms with E-state index in [2.05, 4.69) is 16.6 Å². The van der Waals surface area contributed by atoms with Gasteiger partial charge in [0.05, 0.1) is 4.92 Å². The van der Waals surface area contributed by atoms with Gasteiger partial charge in [0.25, 0.3) is 0 Å². The lowest BCUT2D eigenvalue weighted by Gasteiger charge is -2.13. The Balaban J connectivity index is 2.03. The van der Waals surface area contributed by atoms with E-state index in [1.54, 1.807) is 6.07 Å². The molecule has 1 aliphatic carbocycles. The van der Waals surface area contributed by atoms with Crippen molar-refractivity contribution in [1.82, 2.24) is 4.98 Å². The van der Waals surface area contributed by atoms with Crippen LogP contribution in [0.4, 0.5) is 17.3 Å². The number of nitrogens with zero attached hydrogens (tertiary/aromatic N) is 2. The molecule has 1 aliphatic rings. The van der Waals surface area contributed by atoms with Crippen LogP contribution in [-0.4, -0.2) is 27.5 Å². The van der Waals surface area contributed by atoms with Crippen molar-refractivity contribution in [3.8, 4) is 0 Å².